The number of hydrogen-bond donors (Lipinski definition) is 4. The van der Waals surface area contributed by atoms with Crippen LogP contribution in [0.5, 0.6) is 0 Å². The third-order valence-corrected chi connectivity index (χ3v) is 2.94. The largest absolute Gasteiger partial charge is 0.394 e. The molecular weight excluding hydrogens is 289 g/mol. The molecule has 0 aliphatic heterocycles. The van der Waals surface area contributed by atoms with E-state index < -0.39 is 26.7 Å². The zero-order valence-electron chi connectivity index (χ0n) is 10.3. The van der Waals surface area contributed by atoms with Crippen molar-refractivity contribution in [2.75, 3.05) is 18.7 Å². The van der Waals surface area contributed by atoms with Crippen LogP contribution >= 0.6 is 7.60 Å². The van der Waals surface area contributed by atoms with Gasteiger partial charge in [0, 0.05) is 0 Å². The Hall–Kier alpha value is -1.58. The molecule has 0 unspecified atom stereocenters. The fourth-order valence-electron chi connectivity index (χ4n) is 1.59. The molecule has 0 saturated heterocycles. The minimum atomic E-state index is -4.28. The van der Waals surface area contributed by atoms with Gasteiger partial charge in [-0.3, -0.25) is 4.57 Å². The van der Waals surface area contributed by atoms with Crippen LogP contribution in [-0.4, -0.2) is 53.5 Å². The number of aliphatic hydroxyl groups is 1. The molecule has 0 amide bonds. The van der Waals surface area contributed by atoms with Gasteiger partial charge in [-0.15, -0.1) is 0 Å². The number of rotatable bonds is 6. The lowest BCUT2D eigenvalue weighted by atomic mass is 10.3. The molecule has 0 aliphatic rings. The maximum Gasteiger partial charge on any atom is 0.350 e. The van der Waals surface area contributed by atoms with Crippen molar-refractivity contribution in [2.45, 2.75) is 12.6 Å². The van der Waals surface area contributed by atoms with E-state index in [0.717, 1.165) is 0 Å². The van der Waals surface area contributed by atoms with Crippen molar-refractivity contribution in [1.82, 2.24) is 19.5 Å². The van der Waals surface area contributed by atoms with E-state index in [1.54, 1.807) is 4.57 Å². The molecular formula is C9H14N5O5P. The number of anilines is 1. The molecule has 0 saturated carbocycles. The second kappa shape index (κ2) is 5.81. The minimum Gasteiger partial charge on any atom is -0.394 e. The summed E-state index contributed by atoms with van der Waals surface area (Å²) in [7, 11) is -4.28. The zero-order valence-corrected chi connectivity index (χ0v) is 11.2. The molecule has 2 aromatic heterocycles. The second-order valence-corrected chi connectivity index (χ2v) is 5.69. The Morgan fingerprint density at radius 2 is 2.20 bits per heavy atom. The Labute approximate surface area is 113 Å². The van der Waals surface area contributed by atoms with E-state index in [-0.39, 0.29) is 12.5 Å². The average Bonchev–Trinajstić information content (AvgIpc) is 2.75. The van der Waals surface area contributed by atoms with E-state index in [0.29, 0.717) is 11.2 Å². The Bertz CT molecular complexity index is 641. The van der Waals surface area contributed by atoms with Crippen LogP contribution in [0.15, 0.2) is 12.5 Å². The van der Waals surface area contributed by atoms with Gasteiger partial charge >= 0.3 is 7.60 Å². The Morgan fingerprint density at radius 1 is 1.45 bits per heavy atom. The highest BCUT2D eigenvalue weighted by atomic mass is 31.2. The lowest BCUT2D eigenvalue weighted by molar-refractivity contribution is 0.0202. The van der Waals surface area contributed by atoms with Gasteiger partial charge in [0.15, 0.2) is 5.65 Å². The summed E-state index contributed by atoms with van der Waals surface area (Å²) in [5.74, 6) is 0.0796. The van der Waals surface area contributed by atoms with Crippen LogP contribution in [0, 0.1) is 0 Å². The van der Waals surface area contributed by atoms with Gasteiger partial charge in [-0.2, -0.15) is 4.98 Å². The maximum atomic E-state index is 10.7. The molecule has 0 aromatic carbocycles. The average molecular weight is 303 g/mol. The van der Waals surface area contributed by atoms with Gasteiger partial charge in [0.2, 0.25) is 5.95 Å². The number of ether oxygens (including phenoxy) is 1. The third kappa shape index (κ3) is 3.71. The number of nitrogens with two attached hydrogens (primary N) is 1. The molecule has 10 nitrogen and oxygen atoms in total. The van der Waals surface area contributed by atoms with Crippen LogP contribution in [0.1, 0.15) is 0 Å². The predicted molar refractivity (Wildman–Crippen MR) is 68.6 cm³/mol. The molecule has 5 N–H and O–H groups in total. The number of hydrogen-bond acceptors (Lipinski definition) is 7. The normalized spacial score (nSPS) is 13.8. The van der Waals surface area contributed by atoms with Gasteiger partial charge in [0.25, 0.3) is 0 Å². The molecule has 0 bridgehead atoms. The van der Waals surface area contributed by atoms with Crippen molar-refractivity contribution in [3.8, 4) is 0 Å². The fraction of sp³-hybridized carbons (Fsp3) is 0.444. The highest BCUT2D eigenvalue weighted by Gasteiger charge is 2.19. The van der Waals surface area contributed by atoms with Crippen LogP contribution in [0.4, 0.5) is 5.95 Å². The van der Waals surface area contributed by atoms with Crippen LogP contribution in [0.25, 0.3) is 11.2 Å². The van der Waals surface area contributed by atoms with Crippen molar-refractivity contribution >= 4 is 24.7 Å². The quantitative estimate of drug-likeness (QED) is 0.487. The first-order chi connectivity index (χ1) is 9.39. The molecule has 2 aromatic rings. The molecule has 0 aliphatic carbocycles. The first-order valence-electron chi connectivity index (χ1n) is 5.59. The van der Waals surface area contributed by atoms with Gasteiger partial charge < -0.3 is 29.9 Å². The highest BCUT2D eigenvalue weighted by Crippen LogP contribution is 2.34. The topological polar surface area (TPSA) is 157 Å². The molecule has 1 atom stereocenters. The van der Waals surface area contributed by atoms with Gasteiger partial charge in [-0.25, -0.2) is 9.97 Å². The molecule has 0 spiro atoms. The standard InChI is InChI=1S/C9H14N5O5P/c10-9-11-1-7-8(13-9)14(4-12-7)2-6(3-15)19-5-20(16,17)18/h1,4,6,15H,2-3,5H2,(H2,10,11,13)(H2,16,17,18)/t6-/m0/s1. The van der Waals surface area contributed by atoms with E-state index in [1.165, 1.54) is 12.5 Å². The maximum absolute atomic E-state index is 10.7. The minimum absolute atomic E-state index is 0.0796. The fourth-order valence-corrected chi connectivity index (χ4v) is 1.99. The summed E-state index contributed by atoms with van der Waals surface area (Å²) < 4.78 is 17.3. The van der Waals surface area contributed by atoms with Crippen LogP contribution in [0.3, 0.4) is 0 Å². The van der Waals surface area contributed by atoms with E-state index >= 15 is 0 Å². The molecule has 11 heteroatoms. The summed E-state index contributed by atoms with van der Waals surface area (Å²) in [4.78, 5) is 29.3. The second-order valence-electron chi connectivity index (χ2n) is 4.10. The van der Waals surface area contributed by atoms with E-state index in [9.17, 15) is 9.67 Å². The summed E-state index contributed by atoms with van der Waals surface area (Å²) >= 11 is 0. The Kier molecular flexibility index (Phi) is 4.31. The summed E-state index contributed by atoms with van der Waals surface area (Å²) in [5, 5.41) is 9.18. The zero-order chi connectivity index (χ0) is 14.8. The first-order valence-corrected chi connectivity index (χ1v) is 7.39. The van der Waals surface area contributed by atoms with Crippen LogP contribution in [0.2, 0.25) is 0 Å². The van der Waals surface area contributed by atoms with Crippen molar-refractivity contribution < 1.29 is 24.2 Å². The molecule has 0 fully saturated rings. The lowest BCUT2D eigenvalue weighted by Crippen LogP contribution is -2.24. The SMILES string of the molecule is Nc1ncc2ncn(C[C@@H](CO)OCP(=O)(O)O)c2n1. The summed E-state index contributed by atoms with van der Waals surface area (Å²) in [6.45, 7) is -0.274. The molecule has 2 rings (SSSR count). The van der Waals surface area contributed by atoms with E-state index in [4.69, 9.17) is 20.3 Å². The van der Waals surface area contributed by atoms with Gasteiger partial charge in [-0.1, -0.05) is 0 Å². The summed E-state index contributed by atoms with van der Waals surface area (Å²) in [6.07, 6.45) is 1.36. The Morgan fingerprint density at radius 3 is 2.85 bits per heavy atom. The number of aromatic nitrogens is 4. The number of fused-ring (bicyclic) bond motifs is 1. The molecule has 0 radical (unpaired) electrons. The van der Waals surface area contributed by atoms with Crippen LogP contribution < -0.4 is 5.73 Å². The molecule has 20 heavy (non-hydrogen) atoms. The van der Waals surface area contributed by atoms with Gasteiger partial charge in [0.05, 0.1) is 31.8 Å². The highest BCUT2D eigenvalue weighted by molar-refractivity contribution is 7.51. The van der Waals surface area contributed by atoms with Crippen molar-refractivity contribution in [2.24, 2.45) is 0 Å². The summed E-state index contributed by atoms with van der Waals surface area (Å²) in [5.41, 5.74) is 6.46. The number of nitrogens with zero attached hydrogens (tertiary/aromatic N) is 4. The van der Waals surface area contributed by atoms with Crippen molar-refractivity contribution in [3.05, 3.63) is 12.5 Å². The van der Waals surface area contributed by atoms with Crippen molar-refractivity contribution in [3.63, 3.8) is 0 Å². The third-order valence-electron chi connectivity index (χ3n) is 2.46. The smallest absolute Gasteiger partial charge is 0.350 e. The first kappa shape index (κ1) is 14.8. The van der Waals surface area contributed by atoms with Crippen molar-refractivity contribution in [1.29, 1.82) is 0 Å². The number of imidazole rings is 1. The number of aliphatic hydroxyl groups excluding tert-OH is 1. The molecule has 2 heterocycles. The van der Waals surface area contributed by atoms with Gasteiger partial charge in [-0.05, 0) is 0 Å². The van der Waals surface area contributed by atoms with E-state index in [1.807, 2.05) is 0 Å². The summed E-state index contributed by atoms with van der Waals surface area (Å²) in [6, 6.07) is 0. The monoisotopic (exact) mass is 303 g/mol. The Balaban J connectivity index is 2.13. The lowest BCUT2D eigenvalue weighted by Gasteiger charge is -2.16. The van der Waals surface area contributed by atoms with Gasteiger partial charge in [0.1, 0.15) is 11.9 Å². The van der Waals surface area contributed by atoms with Crippen LogP contribution in [-0.2, 0) is 15.8 Å². The predicted octanol–water partition coefficient (Wildman–Crippen LogP) is -1.08. The molecule has 110 valence electrons. The van der Waals surface area contributed by atoms with E-state index in [2.05, 4.69) is 15.0 Å². The number of nitrogen functional groups attached to an aromatic ring is 1.